The first-order valence-corrected chi connectivity index (χ1v) is 6.03. The topological polar surface area (TPSA) is 26.3 Å². The Morgan fingerprint density at radius 1 is 1.31 bits per heavy atom. The Hall–Kier alpha value is -1.02. The summed E-state index contributed by atoms with van der Waals surface area (Å²) < 4.78 is 5.54. The summed E-state index contributed by atoms with van der Waals surface area (Å²) in [4.78, 5) is 10.8. The van der Waals surface area contributed by atoms with Crippen molar-refractivity contribution in [2.24, 2.45) is 0 Å². The van der Waals surface area contributed by atoms with Crippen molar-refractivity contribution in [3.63, 3.8) is 0 Å². The molecule has 88 valence electrons. The molecule has 0 aromatic heterocycles. The lowest BCUT2D eigenvalue weighted by Crippen LogP contribution is -1.99. The van der Waals surface area contributed by atoms with Crippen LogP contribution in [0.5, 0.6) is 5.75 Å². The molecule has 0 heterocycles. The predicted octanol–water partition coefficient (Wildman–Crippen LogP) is 4.11. The first-order valence-electron chi connectivity index (χ1n) is 5.65. The van der Waals surface area contributed by atoms with Crippen LogP contribution in [0.4, 0.5) is 0 Å². The summed E-state index contributed by atoms with van der Waals surface area (Å²) >= 11 is 5.78. The van der Waals surface area contributed by atoms with Gasteiger partial charge in [-0.1, -0.05) is 37.8 Å². The van der Waals surface area contributed by atoms with Crippen LogP contribution in [0.15, 0.2) is 18.2 Å². The second kappa shape index (κ2) is 7.29. The second-order valence-electron chi connectivity index (χ2n) is 3.71. The number of hydrogen-bond donors (Lipinski definition) is 0. The molecule has 3 heteroatoms. The number of carbonyl (C=O) groups is 1. The molecule has 0 spiro atoms. The van der Waals surface area contributed by atoms with E-state index in [-0.39, 0.29) is 0 Å². The van der Waals surface area contributed by atoms with Gasteiger partial charge in [0, 0.05) is 5.02 Å². The van der Waals surface area contributed by atoms with Gasteiger partial charge in [-0.05, 0) is 24.6 Å². The van der Waals surface area contributed by atoms with E-state index in [4.69, 9.17) is 16.3 Å². The smallest absolute Gasteiger partial charge is 0.153 e. The van der Waals surface area contributed by atoms with Gasteiger partial charge >= 0.3 is 0 Å². The first-order chi connectivity index (χ1) is 7.77. The number of rotatable bonds is 7. The Balaban J connectivity index is 2.44. The Morgan fingerprint density at radius 2 is 2.12 bits per heavy atom. The number of ether oxygens (including phenoxy) is 1. The molecule has 1 aromatic rings. The van der Waals surface area contributed by atoms with Crippen molar-refractivity contribution in [3.8, 4) is 5.75 Å². The number of hydrogen-bond acceptors (Lipinski definition) is 2. The van der Waals surface area contributed by atoms with Crippen LogP contribution in [0.25, 0.3) is 0 Å². The molecule has 0 aliphatic rings. The van der Waals surface area contributed by atoms with Gasteiger partial charge in [0.2, 0.25) is 0 Å². The monoisotopic (exact) mass is 240 g/mol. The van der Waals surface area contributed by atoms with Crippen molar-refractivity contribution in [1.29, 1.82) is 0 Å². The first kappa shape index (κ1) is 13.0. The van der Waals surface area contributed by atoms with Crippen molar-refractivity contribution in [1.82, 2.24) is 0 Å². The van der Waals surface area contributed by atoms with E-state index in [0.29, 0.717) is 22.9 Å². The third-order valence-corrected chi connectivity index (χ3v) is 2.59. The molecule has 0 aliphatic carbocycles. The third-order valence-electron chi connectivity index (χ3n) is 2.35. The highest BCUT2D eigenvalue weighted by molar-refractivity contribution is 6.30. The van der Waals surface area contributed by atoms with Crippen LogP contribution in [-0.4, -0.2) is 12.9 Å². The van der Waals surface area contributed by atoms with Crippen molar-refractivity contribution < 1.29 is 9.53 Å². The molecule has 0 bridgehead atoms. The highest BCUT2D eigenvalue weighted by Gasteiger charge is 2.03. The molecule has 0 fully saturated rings. The highest BCUT2D eigenvalue weighted by Crippen LogP contribution is 2.21. The number of aldehydes is 1. The fourth-order valence-electron chi connectivity index (χ4n) is 1.45. The SMILES string of the molecule is CCCCCCOc1ccc(Cl)cc1C=O. The Bertz CT molecular complexity index is 337. The van der Waals surface area contributed by atoms with Gasteiger partial charge < -0.3 is 4.74 Å². The van der Waals surface area contributed by atoms with E-state index in [1.807, 2.05) is 0 Å². The minimum atomic E-state index is 0.517. The molecule has 0 saturated carbocycles. The number of unbranched alkanes of at least 4 members (excludes halogenated alkanes) is 3. The standard InChI is InChI=1S/C13H17ClO2/c1-2-3-4-5-8-16-13-7-6-12(14)9-11(13)10-15/h6-7,9-10H,2-5,8H2,1H3. The van der Waals surface area contributed by atoms with Gasteiger partial charge in [-0.2, -0.15) is 0 Å². The molecule has 0 saturated heterocycles. The molecule has 2 nitrogen and oxygen atoms in total. The van der Waals surface area contributed by atoms with E-state index in [1.165, 1.54) is 19.3 Å². The molecular formula is C13H17ClO2. The summed E-state index contributed by atoms with van der Waals surface area (Å²) in [5.41, 5.74) is 0.517. The summed E-state index contributed by atoms with van der Waals surface area (Å²) in [5.74, 6) is 0.621. The summed E-state index contributed by atoms with van der Waals surface area (Å²) in [6.07, 6.45) is 5.40. The van der Waals surface area contributed by atoms with Gasteiger partial charge in [0.25, 0.3) is 0 Å². The van der Waals surface area contributed by atoms with Crippen LogP contribution >= 0.6 is 11.6 Å². The molecule has 0 N–H and O–H groups in total. The molecule has 1 aromatic carbocycles. The summed E-state index contributed by atoms with van der Waals surface area (Å²) in [5, 5.41) is 0.556. The maximum absolute atomic E-state index is 10.8. The van der Waals surface area contributed by atoms with Gasteiger partial charge in [0.05, 0.1) is 12.2 Å². The van der Waals surface area contributed by atoms with Gasteiger partial charge in [0.15, 0.2) is 6.29 Å². The molecule has 0 atom stereocenters. The van der Waals surface area contributed by atoms with E-state index >= 15 is 0 Å². The van der Waals surface area contributed by atoms with Crippen molar-refractivity contribution in [2.45, 2.75) is 32.6 Å². The number of halogens is 1. The lowest BCUT2D eigenvalue weighted by molar-refractivity contribution is 0.111. The molecule has 0 aliphatic heterocycles. The molecule has 0 unspecified atom stereocenters. The molecular weight excluding hydrogens is 224 g/mol. The van der Waals surface area contributed by atoms with E-state index in [0.717, 1.165) is 12.7 Å². The Morgan fingerprint density at radius 3 is 2.81 bits per heavy atom. The van der Waals surface area contributed by atoms with E-state index in [1.54, 1.807) is 18.2 Å². The number of benzene rings is 1. The summed E-state index contributed by atoms with van der Waals surface area (Å²) in [6, 6.07) is 5.09. The fourth-order valence-corrected chi connectivity index (χ4v) is 1.63. The zero-order valence-corrected chi connectivity index (χ0v) is 10.3. The van der Waals surface area contributed by atoms with Crippen LogP contribution in [0.1, 0.15) is 43.0 Å². The van der Waals surface area contributed by atoms with Crippen molar-refractivity contribution in [2.75, 3.05) is 6.61 Å². The Labute approximate surface area is 102 Å². The molecule has 16 heavy (non-hydrogen) atoms. The minimum absolute atomic E-state index is 0.517. The zero-order chi connectivity index (χ0) is 11.8. The minimum Gasteiger partial charge on any atom is -0.493 e. The Kier molecular flexibility index (Phi) is 5.94. The number of carbonyl (C=O) groups excluding carboxylic acids is 1. The average Bonchev–Trinajstić information content (AvgIpc) is 2.30. The summed E-state index contributed by atoms with van der Waals surface area (Å²) in [6.45, 7) is 2.83. The average molecular weight is 241 g/mol. The third kappa shape index (κ3) is 4.23. The zero-order valence-electron chi connectivity index (χ0n) is 9.54. The van der Waals surface area contributed by atoms with Crippen molar-refractivity contribution in [3.05, 3.63) is 28.8 Å². The van der Waals surface area contributed by atoms with Crippen molar-refractivity contribution >= 4 is 17.9 Å². The molecule has 0 radical (unpaired) electrons. The van der Waals surface area contributed by atoms with E-state index in [2.05, 4.69) is 6.92 Å². The maximum Gasteiger partial charge on any atom is 0.153 e. The quantitative estimate of drug-likeness (QED) is 0.530. The van der Waals surface area contributed by atoms with Gasteiger partial charge in [0.1, 0.15) is 5.75 Å². The molecule has 1 rings (SSSR count). The van der Waals surface area contributed by atoms with E-state index in [9.17, 15) is 4.79 Å². The van der Waals surface area contributed by atoms with Gasteiger partial charge in [-0.3, -0.25) is 4.79 Å². The maximum atomic E-state index is 10.8. The lowest BCUT2D eigenvalue weighted by Gasteiger charge is -2.08. The van der Waals surface area contributed by atoms with Crippen LogP contribution < -0.4 is 4.74 Å². The molecule has 0 amide bonds. The predicted molar refractivity (Wildman–Crippen MR) is 66.5 cm³/mol. The van der Waals surface area contributed by atoms with Gasteiger partial charge in [-0.15, -0.1) is 0 Å². The largest absolute Gasteiger partial charge is 0.493 e. The fraction of sp³-hybridized carbons (Fsp3) is 0.462. The van der Waals surface area contributed by atoms with Crippen LogP contribution in [0.2, 0.25) is 5.02 Å². The normalized spacial score (nSPS) is 10.1. The second-order valence-corrected chi connectivity index (χ2v) is 4.15. The van der Waals surface area contributed by atoms with Gasteiger partial charge in [-0.25, -0.2) is 0 Å². The van der Waals surface area contributed by atoms with Crippen LogP contribution in [0, 0.1) is 0 Å². The van der Waals surface area contributed by atoms with Crippen LogP contribution in [-0.2, 0) is 0 Å². The van der Waals surface area contributed by atoms with E-state index < -0.39 is 0 Å². The lowest BCUT2D eigenvalue weighted by atomic mass is 10.2. The van der Waals surface area contributed by atoms with Crippen LogP contribution in [0.3, 0.4) is 0 Å². The highest BCUT2D eigenvalue weighted by atomic mass is 35.5. The summed E-state index contributed by atoms with van der Waals surface area (Å²) in [7, 11) is 0.